The number of halogens is 2. The molecule has 0 spiro atoms. The maximum absolute atomic E-state index is 14.6. The molecule has 4 N–H and O–H groups in total. The zero-order valence-corrected chi connectivity index (χ0v) is 14.0. The predicted molar refractivity (Wildman–Crippen MR) is 88.7 cm³/mol. The number of hydrogen-bond donors (Lipinski definition) is 2. The average molecular weight is 374 g/mol. The molecule has 1 aromatic rings. The molecule has 1 saturated heterocycles. The van der Waals surface area contributed by atoms with Crippen LogP contribution in [0.1, 0.15) is 25.3 Å². The van der Waals surface area contributed by atoms with Gasteiger partial charge in [0.05, 0.1) is 16.1 Å². The maximum atomic E-state index is 14.6. The van der Waals surface area contributed by atoms with Crippen LogP contribution in [0.4, 0.5) is 10.1 Å². The fourth-order valence-electron chi connectivity index (χ4n) is 2.63. The van der Waals surface area contributed by atoms with Gasteiger partial charge in [0.1, 0.15) is 4.99 Å². The summed E-state index contributed by atoms with van der Waals surface area (Å²) in [6.07, 6.45) is 1.53. The third kappa shape index (κ3) is 3.18. The summed E-state index contributed by atoms with van der Waals surface area (Å²) in [7, 11) is 0. The summed E-state index contributed by atoms with van der Waals surface area (Å²) in [6.45, 7) is 2.43. The molecular weight excluding hydrogens is 357 g/mol. The number of hydrogen-bond acceptors (Lipinski definition) is 3. The van der Waals surface area contributed by atoms with E-state index >= 15 is 0 Å². The van der Waals surface area contributed by atoms with E-state index in [0.29, 0.717) is 17.8 Å². The summed E-state index contributed by atoms with van der Waals surface area (Å²) in [5, 5.41) is 0. The number of nitrogens with zero attached hydrogens (tertiary/aromatic N) is 1. The number of thiocarbonyl (C=S) groups is 1. The van der Waals surface area contributed by atoms with Crippen molar-refractivity contribution < 1.29 is 9.18 Å². The summed E-state index contributed by atoms with van der Waals surface area (Å²) >= 11 is 8.09. The fraction of sp³-hybridized carbons (Fsp3) is 0.429. The number of nitrogens with two attached hydrogens (primary N) is 2. The molecule has 1 aliphatic rings. The van der Waals surface area contributed by atoms with E-state index in [-0.39, 0.29) is 27.3 Å². The molecule has 1 heterocycles. The number of benzene rings is 1. The molecule has 1 fully saturated rings. The Hall–Kier alpha value is -1.21. The van der Waals surface area contributed by atoms with E-state index in [4.69, 9.17) is 23.7 Å². The first-order chi connectivity index (χ1) is 9.82. The van der Waals surface area contributed by atoms with Crippen LogP contribution in [-0.4, -0.2) is 23.5 Å². The van der Waals surface area contributed by atoms with Crippen LogP contribution >= 0.6 is 28.1 Å². The Bertz CT molecular complexity index is 596. The van der Waals surface area contributed by atoms with Crippen molar-refractivity contribution in [1.29, 1.82) is 0 Å². The lowest BCUT2D eigenvalue weighted by molar-refractivity contribution is -0.122. The molecule has 1 aliphatic heterocycles. The van der Waals surface area contributed by atoms with Gasteiger partial charge in [-0.3, -0.25) is 4.79 Å². The summed E-state index contributed by atoms with van der Waals surface area (Å²) in [4.78, 5) is 13.4. The molecule has 0 saturated carbocycles. The Labute approximate surface area is 136 Å². The summed E-state index contributed by atoms with van der Waals surface area (Å²) in [5.41, 5.74) is 11.8. The smallest absolute Gasteiger partial charge is 0.222 e. The third-order valence-electron chi connectivity index (χ3n) is 3.92. The molecule has 0 aromatic heterocycles. The van der Waals surface area contributed by atoms with E-state index in [2.05, 4.69) is 15.9 Å². The summed E-state index contributed by atoms with van der Waals surface area (Å²) < 4.78 is 14.8. The lowest BCUT2D eigenvalue weighted by Gasteiger charge is -2.39. The molecule has 4 nitrogen and oxygen atoms in total. The highest BCUT2D eigenvalue weighted by Gasteiger charge is 2.30. The van der Waals surface area contributed by atoms with Crippen LogP contribution in [0.5, 0.6) is 0 Å². The Morgan fingerprint density at radius 1 is 1.43 bits per heavy atom. The number of piperidine rings is 1. The van der Waals surface area contributed by atoms with E-state index in [1.165, 1.54) is 0 Å². The van der Waals surface area contributed by atoms with Crippen LogP contribution in [0, 0.1) is 11.7 Å². The van der Waals surface area contributed by atoms with Crippen molar-refractivity contribution in [3.8, 4) is 0 Å². The maximum Gasteiger partial charge on any atom is 0.222 e. The van der Waals surface area contributed by atoms with E-state index in [1.54, 1.807) is 12.1 Å². The average Bonchev–Trinajstić information content (AvgIpc) is 2.42. The number of amides is 1. The van der Waals surface area contributed by atoms with Gasteiger partial charge >= 0.3 is 0 Å². The number of carbonyl (C=O) groups is 1. The van der Waals surface area contributed by atoms with Crippen LogP contribution in [0.3, 0.4) is 0 Å². The van der Waals surface area contributed by atoms with Crippen molar-refractivity contribution >= 4 is 44.7 Å². The fourth-order valence-corrected chi connectivity index (χ4v) is 3.48. The standard InChI is InChI=1S/C14H17BrFN3OS/c1-7-2-3-8(13(17)20)6-19(7)10-5-4-9(14(18)21)11(15)12(10)16/h4-5,7-8H,2-3,6H2,1H3,(H2,17,20)(H2,18,21). The molecule has 0 aliphatic carbocycles. The lowest BCUT2D eigenvalue weighted by Crippen LogP contribution is -2.46. The van der Waals surface area contributed by atoms with Crippen molar-refractivity contribution in [3.63, 3.8) is 0 Å². The highest BCUT2D eigenvalue weighted by molar-refractivity contribution is 9.10. The van der Waals surface area contributed by atoms with Crippen LogP contribution in [0.15, 0.2) is 16.6 Å². The Balaban J connectivity index is 2.38. The van der Waals surface area contributed by atoms with Crippen molar-refractivity contribution in [2.45, 2.75) is 25.8 Å². The lowest BCUT2D eigenvalue weighted by atomic mass is 9.92. The highest BCUT2D eigenvalue weighted by atomic mass is 79.9. The van der Waals surface area contributed by atoms with E-state index in [9.17, 15) is 9.18 Å². The topological polar surface area (TPSA) is 72.4 Å². The first-order valence-electron chi connectivity index (χ1n) is 6.66. The molecule has 2 unspecified atom stereocenters. The van der Waals surface area contributed by atoms with Gasteiger partial charge < -0.3 is 16.4 Å². The first-order valence-corrected chi connectivity index (χ1v) is 7.86. The molecule has 0 bridgehead atoms. The zero-order chi connectivity index (χ0) is 15.7. The van der Waals surface area contributed by atoms with Crippen molar-refractivity contribution in [1.82, 2.24) is 0 Å². The van der Waals surface area contributed by atoms with E-state index in [1.807, 2.05) is 11.8 Å². The third-order valence-corrected chi connectivity index (χ3v) is 4.92. The van der Waals surface area contributed by atoms with Crippen molar-refractivity contribution in [2.24, 2.45) is 17.4 Å². The highest BCUT2D eigenvalue weighted by Crippen LogP contribution is 2.34. The molecule has 2 atom stereocenters. The summed E-state index contributed by atoms with van der Waals surface area (Å²) in [5.74, 6) is -1.02. The van der Waals surface area contributed by atoms with Crippen LogP contribution < -0.4 is 16.4 Å². The first kappa shape index (κ1) is 16.2. The van der Waals surface area contributed by atoms with Gasteiger partial charge in [-0.15, -0.1) is 0 Å². The van der Waals surface area contributed by atoms with Gasteiger partial charge in [-0.25, -0.2) is 4.39 Å². The van der Waals surface area contributed by atoms with Gasteiger partial charge in [0.15, 0.2) is 5.82 Å². The van der Waals surface area contributed by atoms with Crippen LogP contribution in [-0.2, 0) is 4.79 Å². The second kappa shape index (κ2) is 6.27. The second-order valence-electron chi connectivity index (χ2n) is 5.30. The minimum atomic E-state index is -0.419. The number of anilines is 1. The van der Waals surface area contributed by atoms with Gasteiger partial charge in [0.2, 0.25) is 5.91 Å². The molecule has 0 radical (unpaired) electrons. The minimum Gasteiger partial charge on any atom is -0.389 e. The zero-order valence-electron chi connectivity index (χ0n) is 11.6. The number of rotatable bonds is 3. The molecular formula is C14H17BrFN3OS. The van der Waals surface area contributed by atoms with Gasteiger partial charge in [0, 0.05) is 18.2 Å². The van der Waals surface area contributed by atoms with Crippen LogP contribution in [0.2, 0.25) is 0 Å². The molecule has 21 heavy (non-hydrogen) atoms. The minimum absolute atomic E-state index is 0.133. The molecule has 1 aromatic carbocycles. The van der Waals surface area contributed by atoms with E-state index in [0.717, 1.165) is 12.8 Å². The molecule has 2 rings (SSSR count). The molecule has 7 heteroatoms. The SMILES string of the molecule is CC1CCC(C(N)=O)CN1c1ccc(C(N)=S)c(Br)c1F. The normalized spacial score (nSPS) is 22.1. The molecule has 1 amide bonds. The summed E-state index contributed by atoms with van der Waals surface area (Å²) in [6, 6.07) is 3.47. The Kier molecular flexibility index (Phi) is 4.83. The van der Waals surface area contributed by atoms with Crippen molar-refractivity contribution in [3.05, 3.63) is 28.0 Å². The van der Waals surface area contributed by atoms with Gasteiger partial charge in [-0.1, -0.05) is 12.2 Å². The quantitative estimate of drug-likeness (QED) is 0.797. The van der Waals surface area contributed by atoms with Gasteiger partial charge in [0.25, 0.3) is 0 Å². The monoisotopic (exact) mass is 373 g/mol. The Morgan fingerprint density at radius 3 is 2.67 bits per heavy atom. The largest absolute Gasteiger partial charge is 0.389 e. The van der Waals surface area contributed by atoms with Gasteiger partial charge in [-0.2, -0.15) is 0 Å². The predicted octanol–water partition coefficient (Wildman–Crippen LogP) is 2.31. The Morgan fingerprint density at radius 2 is 2.10 bits per heavy atom. The van der Waals surface area contributed by atoms with E-state index < -0.39 is 5.82 Å². The second-order valence-corrected chi connectivity index (χ2v) is 6.54. The van der Waals surface area contributed by atoms with Crippen molar-refractivity contribution in [2.75, 3.05) is 11.4 Å². The van der Waals surface area contributed by atoms with Gasteiger partial charge in [-0.05, 0) is 47.8 Å². The van der Waals surface area contributed by atoms with Crippen LogP contribution in [0.25, 0.3) is 0 Å². The number of primary amides is 1. The molecule has 114 valence electrons. The number of carbonyl (C=O) groups excluding carboxylic acids is 1.